The fourth-order valence-electron chi connectivity index (χ4n) is 3.50. The number of benzene rings is 2. The van der Waals surface area contributed by atoms with Gasteiger partial charge in [0, 0.05) is 18.7 Å². The molecule has 7 nitrogen and oxygen atoms in total. The van der Waals surface area contributed by atoms with Crippen molar-refractivity contribution in [2.75, 3.05) is 31.4 Å². The van der Waals surface area contributed by atoms with Crippen molar-refractivity contribution >= 4 is 17.3 Å². The lowest BCUT2D eigenvalue weighted by atomic mass is 9.98. The zero-order valence-corrected chi connectivity index (χ0v) is 17.1. The molecule has 3 atom stereocenters. The molecule has 1 aliphatic rings. The summed E-state index contributed by atoms with van der Waals surface area (Å²) in [7, 11) is 3.26. The van der Waals surface area contributed by atoms with E-state index < -0.39 is 6.04 Å². The summed E-state index contributed by atoms with van der Waals surface area (Å²) in [5, 5.41) is 18.9. The fraction of sp³-hybridized carbons (Fsp3) is 0.364. The molecule has 0 radical (unpaired) electrons. The molecule has 0 aromatic heterocycles. The van der Waals surface area contributed by atoms with E-state index in [1.807, 2.05) is 25.1 Å². The highest BCUT2D eigenvalue weighted by Crippen LogP contribution is 2.32. The minimum Gasteiger partial charge on any atom is -0.497 e. The number of ether oxygens (including phenoxy) is 2. The van der Waals surface area contributed by atoms with Gasteiger partial charge in [-0.3, -0.25) is 4.79 Å². The summed E-state index contributed by atoms with van der Waals surface area (Å²) in [6, 6.07) is 12.6. The molecule has 1 heterocycles. The van der Waals surface area contributed by atoms with E-state index in [9.17, 15) is 10.1 Å². The number of fused-ring (bicyclic) bond motifs is 1. The topological polar surface area (TPSA) is 95.4 Å². The smallest absolute Gasteiger partial charge is 0.248 e. The lowest BCUT2D eigenvalue weighted by molar-refractivity contribution is -0.117. The summed E-state index contributed by atoms with van der Waals surface area (Å²) in [5.41, 5.74) is 2.87. The number of nitriles is 1. The van der Waals surface area contributed by atoms with Crippen LogP contribution in [0.3, 0.4) is 0 Å². The number of anilines is 2. The van der Waals surface area contributed by atoms with Crippen LogP contribution in [0.25, 0.3) is 0 Å². The Labute approximate surface area is 171 Å². The van der Waals surface area contributed by atoms with E-state index >= 15 is 0 Å². The van der Waals surface area contributed by atoms with E-state index in [0.717, 1.165) is 17.1 Å². The third-order valence-electron chi connectivity index (χ3n) is 5.24. The Morgan fingerprint density at radius 3 is 2.69 bits per heavy atom. The first-order valence-electron chi connectivity index (χ1n) is 9.54. The zero-order chi connectivity index (χ0) is 21.0. The summed E-state index contributed by atoms with van der Waals surface area (Å²) >= 11 is 0. The normalized spacial score (nSPS) is 17.2. The molecular formula is C22H26N4O3. The molecule has 0 unspecified atom stereocenters. The van der Waals surface area contributed by atoms with Crippen molar-refractivity contribution in [1.82, 2.24) is 5.32 Å². The van der Waals surface area contributed by atoms with Crippen LogP contribution in [-0.4, -0.2) is 38.8 Å². The highest BCUT2D eigenvalue weighted by molar-refractivity contribution is 6.04. The molecule has 3 rings (SSSR count). The molecule has 0 saturated heterocycles. The number of carbonyl (C=O) groups excluding carboxylic acids is 1. The lowest BCUT2D eigenvalue weighted by Gasteiger charge is -2.32. The van der Waals surface area contributed by atoms with Gasteiger partial charge in [-0.15, -0.1) is 0 Å². The minimum atomic E-state index is -0.484. The van der Waals surface area contributed by atoms with Gasteiger partial charge in [-0.2, -0.15) is 5.26 Å². The average molecular weight is 394 g/mol. The van der Waals surface area contributed by atoms with E-state index in [-0.39, 0.29) is 17.9 Å². The molecule has 2 aromatic carbocycles. The highest BCUT2D eigenvalue weighted by Gasteiger charge is 2.31. The Morgan fingerprint density at radius 1 is 1.21 bits per heavy atom. The van der Waals surface area contributed by atoms with E-state index in [0.29, 0.717) is 23.5 Å². The Kier molecular flexibility index (Phi) is 6.25. The van der Waals surface area contributed by atoms with E-state index in [1.54, 1.807) is 32.4 Å². The standard InChI is InChI=1S/C22H26N4O3/c1-13(17-9-8-16(28-3)10-19(17)29-4)12-24-14(2)20-22(27)25-18-7-5-6-15(11-23)21(18)26-20/h5-10,13-14,20,24,26H,12H2,1-4H3,(H,25,27)/t13-,14+,20-/m0/s1. The SMILES string of the molecule is COc1ccc([C@@H](C)CN[C@H](C)[C@@H]2Nc3c(C#N)cccc3NC2=O)c(OC)c1. The first-order valence-corrected chi connectivity index (χ1v) is 9.54. The van der Waals surface area contributed by atoms with Gasteiger partial charge in [-0.1, -0.05) is 19.1 Å². The van der Waals surface area contributed by atoms with Crippen LogP contribution in [0.15, 0.2) is 36.4 Å². The maximum atomic E-state index is 12.6. The van der Waals surface area contributed by atoms with Crippen LogP contribution in [0.2, 0.25) is 0 Å². The number of rotatable bonds is 7. The van der Waals surface area contributed by atoms with Crippen molar-refractivity contribution in [3.05, 3.63) is 47.5 Å². The molecule has 152 valence electrons. The number of methoxy groups -OCH3 is 2. The molecule has 0 bridgehead atoms. The molecule has 3 N–H and O–H groups in total. The summed E-state index contributed by atoms with van der Waals surface area (Å²) in [5.74, 6) is 1.55. The number of nitrogens with zero attached hydrogens (tertiary/aromatic N) is 1. The predicted molar refractivity (Wildman–Crippen MR) is 113 cm³/mol. The maximum absolute atomic E-state index is 12.6. The molecule has 29 heavy (non-hydrogen) atoms. The largest absolute Gasteiger partial charge is 0.497 e. The molecule has 1 amide bonds. The van der Waals surface area contributed by atoms with Crippen LogP contribution in [0.5, 0.6) is 11.5 Å². The van der Waals surface area contributed by atoms with Gasteiger partial charge in [0.2, 0.25) is 5.91 Å². The van der Waals surface area contributed by atoms with Gasteiger partial charge >= 0.3 is 0 Å². The van der Waals surface area contributed by atoms with Crippen LogP contribution < -0.4 is 25.4 Å². The van der Waals surface area contributed by atoms with Crippen LogP contribution in [0.4, 0.5) is 11.4 Å². The number of hydrogen-bond donors (Lipinski definition) is 3. The van der Waals surface area contributed by atoms with Crippen LogP contribution in [0, 0.1) is 11.3 Å². The second-order valence-corrected chi connectivity index (χ2v) is 7.16. The first-order chi connectivity index (χ1) is 14.0. The predicted octanol–water partition coefficient (Wildman–Crippen LogP) is 3.09. The fourth-order valence-corrected chi connectivity index (χ4v) is 3.50. The van der Waals surface area contributed by atoms with Crippen molar-refractivity contribution in [3.63, 3.8) is 0 Å². The van der Waals surface area contributed by atoms with Crippen LogP contribution in [0.1, 0.15) is 30.9 Å². The highest BCUT2D eigenvalue weighted by atomic mass is 16.5. The number of para-hydroxylation sites is 1. The van der Waals surface area contributed by atoms with Crippen molar-refractivity contribution < 1.29 is 14.3 Å². The Morgan fingerprint density at radius 2 is 2.00 bits per heavy atom. The first kappa shape index (κ1) is 20.5. The number of hydrogen-bond acceptors (Lipinski definition) is 6. The van der Waals surface area contributed by atoms with Gasteiger partial charge in [0.1, 0.15) is 23.6 Å². The van der Waals surface area contributed by atoms with E-state index in [4.69, 9.17) is 9.47 Å². The van der Waals surface area contributed by atoms with Gasteiger partial charge in [0.05, 0.1) is 31.2 Å². The quantitative estimate of drug-likeness (QED) is 0.668. The van der Waals surface area contributed by atoms with Crippen molar-refractivity contribution in [1.29, 1.82) is 5.26 Å². The minimum absolute atomic E-state index is 0.123. The third-order valence-corrected chi connectivity index (χ3v) is 5.24. The van der Waals surface area contributed by atoms with E-state index in [1.165, 1.54) is 0 Å². The molecule has 2 aromatic rings. The molecule has 0 fully saturated rings. The van der Waals surface area contributed by atoms with Crippen molar-refractivity contribution in [2.45, 2.75) is 31.8 Å². The number of nitrogens with one attached hydrogen (secondary N) is 3. The van der Waals surface area contributed by atoms with Crippen LogP contribution in [-0.2, 0) is 4.79 Å². The molecule has 0 spiro atoms. The second-order valence-electron chi connectivity index (χ2n) is 7.16. The Balaban J connectivity index is 1.68. The summed E-state index contributed by atoms with van der Waals surface area (Å²) in [4.78, 5) is 12.6. The summed E-state index contributed by atoms with van der Waals surface area (Å²) in [6.45, 7) is 4.71. The van der Waals surface area contributed by atoms with Gasteiger partial charge in [-0.05, 0) is 36.6 Å². The van der Waals surface area contributed by atoms with Crippen molar-refractivity contribution in [3.8, 4) is 17.6 Å². The lowest BCUT2D eigenvalue weighted by Crippen LogP contribution is -2.52. The number of amides is 1. The summed E-state index contributed by atoms with van der Waals surface area (Å²) < 4.78 is 10.8. The van der Waals surface area contributed by atoms with Gasteiger partial charge in [-0.25, -0.2) is 0 Å². The molecule has 1 aliphatic heterocycles. The maximum Gasteiger partial charge on any atom is 0.248 e. The third kappa shape index (κ3) is 4.28. The number of carbonyl (C=O) groups is 1. The van der Waals surface area contributed by atoms with Gasteiger partial charge in [0.25, 0.3) is 0 Å². The zero-order valence-electron chi connectivity index (χ0n) is 17.1. The van der Waals surface area contributed by atoms with Gasteiger partial charge < -0.3 is 25.4 Å². The van der Waals surface area contributed by atoms with Gasteiger partial charge in [0.15, 0.2) is 0 Å². The average Bonchev–Trinajstić information content (AvgIpc) is 2.75. The molecule has 0 aliphatic carbocycles. The summed E-state index contributed by atoms with van der Waals surface area (Å²) in [6.07, 6.45) is 0. The van der Waals surface area contributed by atoms with Crippen LogP contribution >= 0.6 is 0 Å². The monoisotopic (exact) mass is 394 g/mol. The molecule has 7 heteroatoms. The second kappa shape index (κ2) is 8.84. The van der Waals surface area contributed by atoms with E-state index in [2.05, 4.69) is 28.9 Å². The molecular weight excluding hydrogens is 368 g/mol. The Bertz CT molecular complexity index is 938. The molecule has 0 saturated carbocycles. The van der Waals surface area contributed by atoms with Crippen molar-refractivity contribution in [2.24, 2.45) is 0 Å². The Hall–Kier alpha value is -3.24.